The number of nitro groups is 1. The first-order chi connectivity index (χ1) is 10.7. The lowest BCUT2D eigenvalue weighted by Crippen LogP contribution is -2.22. The van der Waals surface area contributed by atoms with Crippen molar-refractivity contribution in [1.29, 1.82) is 0 Å². The lowest BCUT2D eigenvalue weighted by Gasteiger charge is -2.25. The third-order valence-corrected chi connectivity index (χ3v) is 3.61. The van der Waals surface area contributed by atoms with Gasteiger partial charge in [-0.3, -0.25) is 10.1 Å². The Balaban J connectivity index is 1.74. The molecule has 0 aliphatic carbocycles. The van der Waals surface area contributed by atoms with E-state index in [2.05, 4.69) is 23.1 Å². The smallest absolute Gasteiger partial charge is 0.269 e. The molecule has 0 fully saturated rings. The molecule has 0 unspecified atom stereocenters. The highest BCUT2D eigenvalue weighted by Crippen LogP contribution is 2.22. The molecule has 0 bridgehead atoms. The summed E-state index contributed by atoms with van der Waals surface area (Å²) in [6.45, 7) is 0.795. The van der Waals surface area contributed by atoms with E-state index < -0.39 is 0 Å². The van der Waals surface area contributed by atoms with Gasteiger partial charge in [-0.25, -0.2) is 0 Å². The molecule has 0 saturated heterocycles. The van der Waals surface area contributed by atoms with E-state index >= 15 is 0 Å². The molecule has 2 aromatic rings. The van der Waals surface area contributed by atoms with Gasteiger partial charge in [0.15, 0.2) is 0 Å². The van der Waals surface area contributed by atoms with Crippen LogP contribution in [0.2, 0.25) is 0 Å². The van der Waals surface area contributed by atoms with Crippen molar-refractivity contribution < 1.29 is 4.92 Å². The van der Waals surface area contributed by atoms with Crippen LogP contribution in [0.25, 0.3) is 0 Å². The Morgan fingerprint density at radius 3 is 2.68 bits per heavy atom. The first-order valence-electron chi connectivity index (χ1n) is 7.13. The lowest BCUT2D eigenvalue weighted by molar-refractivity contribution is -0.384. The zero-order chi connectivity index (χ0) is 15.4. The number of anilines is 1. The van der Waals surface area contributed by atoms with Gasteiger partial charge in [-0.1, -0.05) is 36.4 Å². The van der Waals surface area contributed by atoms with Gasteiger partial charge in [-0.05, 0) is 35.8 Å². The van der Waals surface area contributed by atoms with Crippen LogP contribution in [0, 0.1) is 10.1 Å². The van der Waals surface area contributed by atoms with Crippen LogP contribution >= 0.6 is 0 Å². The SMILES string of the molecule is O=[N+]([O-])c1cccc(CC2=CC=CN(c3ccccc3)C2)c1. The largest absolute Gasteiger partial charge is 0.344 e. The second kappa shape index (κ2) is 6.26. The van der Waals surface area contributed by atoms with Gasteiger partial charge in [0.25, 0.3) is 5.69 Å². The summed E-state index contributed by atoms with van der Waals surface area (Å²) >= 11 is 0. The Labute approximate surface area is 129 Å². The molecule has 4 nitrogen and oxygen atoms in total. The van der Waals surface area contributed by atoms with Crippen molar-refractivity contribution in [1.82, 2.24) is 0 Å². The summed E-state index contributed by atoms with van der Waals surface area (Å²) in [4.78, 5) is 12.7. The Kier molecular flexibility index (Phi) is 4.01. The maximum Gasteiger partial charge on any atom is 0.269 e. The van der Waals surface area contributed by atoms with Gasteiger partial charge in [-0.2, -0.15) is 0 Å². The first-order valence-corrected chi connectivity index (χ1v) is 7.13. The molecule has 3 rings (SSSR count). The number of non-ortho nitro benzene ring substituents is 1. The van der Waals surface area contributed by atoms with E-state index in [9.17, 15) is 10.1 Å². The summed E-state index contributed by atoms with van der Waals surface area (Å²) in [7, 11) is 0. The zero-order valence-corrected chi connectivity index (χ0v) is 12.1. The van der Waals surface area contributed by atoms with Crippen LogP contribution in [0.3, 0.4) is 0 Å². The van der Waals surface area contributed by atoms with Crippen LogP contribution in [0.4, 0.5) is 11.4 Å². The topological polar surface area (TPSA) is 46.4 Å². The Morgan fingerprint density at radius 1 is 1.09 bits per heavy atom. The molecule has 4 heteroatoms. The van der Waals surface area contributed by atoms with Crippen molar-refractivity contribution in [3.63, 3.8) is 0 Å². The summed E-state index contributed by atoms with van der Waals surface area (Å²) in [6.07, 6.45) is 6.86. The molecule has 0 atom stereocenters. The maximum absolute atomic E-state index is 10.9. The predicted molar refractivity (Wildman–Crippen MR) is 87.8 cm³/mol. The normalized spacial score (nSPS) is 13.8. The van der Waals surface area contributed by atoms with Crippen molar-refractivity contribution in [3.05, 3.63) is 94.2 Å². The van der Waals surface area contributed by atoms with Gasteiger partial charge in [-0.15, -0.1) is 0 Å². The second-order valence-corrected chi connectivity index (χ2v) is 5.23. The molecule has 0 amide bonds. The van der Waals surface area contributed by atoms with Gasteiger partial charge in [0.05, 0.1) is 4.92 Å². The van der Waals surface area contributed by atoms with E-state index in [4.69, 9.17) is 0 Å². The molecule has 0 saturated carbocycles. The minimum Gasteiger partial charge on any atom is -0.344 e. The van der Waals surface area contributed by atoms with Crippen LogP contribution in [0.5, 0.6) is 0 Å². The van der Waals surface area contributed by atoms with Gasteiger partial charge in [0.2, 0.25) is 0 Å². The van der Waals surface area contributed by atoms with Crippen molar-refractivity contribution in [3.8, 4) is 0 Å². The van der Waals surface area contributed by atoms with Crippen LogP contribution in [-0.4, -0.2) is 11.5 Å². The van der Waals surface area contributed by atoms with Crippen LogP contribution in [0.1, 0.15) is 5.56 Å². The average Bonchev–Trinajstić information content (AvgIpc) is 2.56. The highest BCUT2D eigenvalue weighted by molar-refractivity contribution is 5.52. The Bertz CT molecular complexity index is 736. The summed E-state index contributed by atoms with van der Waals surface area (Å²) in [5, 5.41) is 10.9. The van der Waals surface area contributed by atoms with E-state index in [1.165, 1.54) is 11.6 Å². The fraction of sp³-hybridized carbons (Fsp3) is 0.111. The van der Waals surface area contributed by atoms with Gasteiger partial charge >= 0.3 is 0 Å². The average molecular weight is 292 g/mol. The van der Waals surface area contributed by atoms with E-state index in [1.54, 1.807) is 12.1 Å². The second-order valence-electron chi connectivity index (χ2n) is 5.23. The summed E-state index contributed by atoms with van der Waals surface area (Å²) in [5.74, 6) is 0. The van der Waals surface area contributed by atoms with Gasteiger partial charge in [0.1, 0.15) is 0 Å². The monoisotopic (exact) mass is 292 g/mol. The molecule has 1 heterocycles. The van der Waals surface area contributed by atoms with Crippen LogP contribution in [0.15, 0.2) is 78.5 Å². The number of para-hydroxylation sites is 1. The number of nitrogens with zero attached hydrogens (tertiary/aromatic N) is 2. The van der Waals surface area contributed by atoms with Crippen LogP contribution < -0.4 is 4.90 Å². The van der Waals surface area contributed by atoms with Crippen molar-refractivity contribution >= 4 is 11.4 Å². The number of rotatable bonds is 4. The summed E-state index contributed by atoms with van der Waals surface area (Å²) < 4.78 is 0. The maximum atomic E-state index is 10.9. The summed E-state index contributed by atoms with van der Waals surface area (Å²) in [6, 6.07) is 17.0. The molecule has 0 radical (unpaired) electrons. The van der Waals surface area contributed by atoms with E-state index in [1.807, 2.05) is 36.5 Å². The molecule has 110 valence electrons. The molecular weight excluding hydrogens is 276 g/mol. The third-order valence-electron chi connectivity index (χ3n) is 3.61. The highest BCUT2D eigenvalue weighted by Gasteiger charge is 2.11. The van der Waals surface area contributed by atoms with E-state index in [0.29, 0.717) is 0 Å². The summed E-state index contributed by atoms with van der Waals surface area (Å²) in [5.41, 5.74) is 3.48. The number of hydrogen-bond donors (Lipinski definition) is 0. The predicted octanol–water partition coefficient (Wildman–Crippen LogP) is 4.10. The van der Waals surface area contributed by atoms with Crippen molar-refractivity contribution in [2.75, 3.05) is 11.4 Å². The molecule has 2 aromatic carbocycles. The van der Waals surface area contributed by atoms with Gasteiger partial charge in [0, 0.05) is 30.6 Å². The molecule has 1 aliphatic rings. The standard InChI is InChI=1S/C18H16N2O2/c21-20(22)18-10-4-6-15(13-18)12-16-7-5-11-19(14-16)17-8-2-1-3-9-17/h1-11,13H,12,14H2. The number of nitro benzene ring substituents is 1. The molecule has 22 heavy (non-hydrogen) atoms. The number of hydrogen-bond acceptors (Lipinski definition) is 3. The third kappa shape index (κ3) is 3.23. The van der Waals surface area contributed by atoms with E-state index in [-0.39, 0.29) is 10.6 Å². The Hall–Kier alpha value is -2.88. The Morgan fingerprint density at radius 2 is 1.91 bits per heavy atom. The molecule has 0 N–H and O–H groups in total. The molecule has 0 spiro atoms. The highest BCUT2D eigenvalue weighted by atomic mass is 16.6. The first kappa shape index (κ1) is 14.1. The minimum atomic E-state index is -0.352. The van der Waals surface area contributed by atoms with Gasteiger partial charge < -0.3 is 4.90 Å². The van der Waals surface area contributed by atoms with E-state index in [0.717, 1.165) is 24.2 Å². The zero-order valence-electron chi connectivity index (χ0n) is 12.1. The van der Waals surface area contributed by atoms with Crippen molar-refractivity contribution in [2.45, 2.75) is 6.42 Å². The quantitative estimate of drug-likeness (QED) is 0.629. The van der Waals surface area contributed by atoms with Crippen molar-refractivity contribution in [2.24, 2.45) is 0 Å². The molecule has 1 aliphatic heterocycles. The fourth-order valence-corrected chi connectivity index (χ4v) is 2.56. The minimum absolute atomic E-state index is 0.143. The molecule has 0 aromatic heterocycles. The molecular formula is C18H16N2O2. The number of allylic oxidation sites excluding steroid dienone is 2. The lowest BCUT2D eigenvalue weighted by atomic mass is 10.0. The number of benzene rings is 2. The van der Waals surface area contributed by atoms with Crippen LogP contribution in [-0.2, 0) is 6.42 Å². The fourth-order valence-electron chi connectivity index (χ4n) is 2.56.